The second-order valence-electron chi connectivity index (χ2n) is 3.17. The average molecular weight is 317 g/mol. The van der Waals surface area contributed by atoms with Crippen molar-refractivity contribution in [3.05, 3.63) is 16.2 Å². The Morgan fingerprint density at radius 1 is 1.40 bits per heavy atom. The van der Waals surface area contributed by atoms with E-state index in [0.717, 1.165) is 7.11 Å². The van der Waals surface area contributed by atoms with Gasteiger partial charge < -0.3 is 19.6 Å². The molecule has 0 aliphatic carbocycles. The molecule has 20 heavy (non-hydrogen) atoms. The number of methoxy groups -OCH3 is 1. The molecule has 0 bridgehead atoms. The van der Waals surface area contributed by atoms with Crippen LogP contribution in [0.25, 0.3) is 0 Å². The van der Waals surface area contributed by atoms with Crippen LogP contribution in [0.5, 0.6) is 11.5 Å². The summed E-state index contributed by atoms with van der Waals surface area (Å²) >= 11 is 0. The van der Waals surface area contributed by atoms with E-state index in [1.165, 1.54) is 0 Å². The van der Waals surface area contributed by atoms with Crippen LogP contribution in [0.1, 0.15) is 0 Å². The highest BCUT2D eigenvalue weighted by atomic mass is 32.2. The monoisotopic (exact) mass is 317 g/mol. The predicted octanol–water partition coefficient (Wildman–Crippen LogP) is 0.544. The van der Waals surface area contributed by atoms with Gasteiger partial charge in [0.25, 0.3) is 10.0 Å². The van der Waals surface area contributed by atoms with Crippen molar-refractivity contribution in [2.75, 3.05) is 7.11 Å². The van der Waals surface area contributed by atoms with Crippen LogP contribution in [0, 0.1) is 10.1 Å². The highest BCUT2D eigenvalue weighted by Gasteiger charge is 2.38. The first-order chi connectivity index (χ1) is 8.95. The number of nitrogens with zero attached hydrogens (tertiary/aromatic N) is 2. The molecule has 0 saturated heterocycles. The van der Waals surface area contributed by atoms with Gasteiger partial charge >= 0.3 is 17.2 Å². The first kappa shape index (κ1) is 15.9. The quantitative estimate of drug-likeness (QED) is 0.632. The highest BCUT2D eigenvalue weighted by molar-refractivity contribution is 7.89. The maximum atomic E-state index is 12.1. The molecule has 0 unspecified atom stereocenters. The zero-order chi connectivity index (χ0) is 15.7. The molecule has 0 aliphatic rings. The van der Waals surface area contributed by atoms with Crippen molar-refractivity contribution in [1.29, 1.82) is 0 Å². The molecule has 1 aromatic rings. The van der Waals surface area contributed by atoms with Crippen molar-refractivity contribution in [2.24, 2.45) is 5.14 Å². The van der Waals surface area contributed by atoms with Crippen LogP contribution in [0.2, 0.25) is 0 Å². The van der Waals surface area contributed by atoms with Gasteiger partial charge in [0, 0.05) is 6.07 Å². The molecule has 0 aliphatic heterocycles. The fraction of sp³-hybridized carbons (Fsp3) is 0.286. The van der Waals surface area contributed by atoms with E-state index in [1.807, 2.05) is 0 Å². The van der Waals surface area contributed by atoms with Crippen LogP contribution in [-0.4, -0.2) is 31.8 Å². The maximum absolute atomic E-state index is 12.1. The van der Waals surface area contributed by atoms with Crippen molar-refractivity contribution in [3.8, 4) is 11.5 Å². The Bertz CT molecular complexity index is 644. The van der Waals surface area contributed by atoms with Gasteiger partial charge in [0.15, 0.2) is 5.75 Å². The number of sulfonamides is 1. The topological polar surface area (TPSA) is 135 Å². The van der Waals surface area contributed by atoms with E-state index in [-0.39, 0.29) is 0 Å². The summed E-state index contributed by atoms with van der Waals surface area (Å²) in [6.07, 6.45) is -5.24. The Hall–Kier alpha value is -2.15. The lowest BCUT2D eigenvalue weighted by molar-refractivity contribution is -0.393. The second-order valence-corrected chi connectivity index (χ2v) is 4.64. The van der Waals surface area contributed by atoms with Crippen molar-refractivity contribution >= 4 is 15.8 Å². The molecule has 13 heteroatoms. The van der Waals surface area contributed by atoms with Crippen molar-refractivity contribution in [1.82, 2.24) is 4.98 Å². The van der Waals surface area contributed by atoms with Crippen molar-refractivity contribution in [2.45, 2.75) is 11.4 Å². The summed E-state index contributed by atoms with van der Waals surface area (Å²) < 4.78 is 66.4. The van der Waals surface area contributed by atoms with E-state index in [0.29, 0.717) is 6.07 Å². The molecule has 0 aromatic carbocycles. The third kappa shape index (κ3) is 3.67. The minimum atomic E-state index is -5.24. The van der Waals surface area contributed by atoms with Crippen LogP contribution in [-0.2, 0) is 10.0 Å². The summed E-state index contributed by atoms with van der Waals surface area (Å²) in [6, 6.07) is 0.359. The Morgan fingerprint density at radius 2 is 1.95 bits per heavy atom. The minimum Gasteiger partial charge on any atom is -0.491 e. The van der Waals surface area contributed by atoms with Gasteiger partial charge in [0.1, 0.15) is 0 Å². The SMILES string of the molecule is COc1cc(OC(F)(F)F)c([N+](=O)[O-])nc1S(N)(=O)=O. The van der Waals surface area contributed by atoms with Crippen LogP contribution < -0.4 is 14.6 Å². The predicted molar refractivity (Wildman–Crippen MR) is 55.5 cm³/mol. The summed E-state index contributed by atoms with van der Waals surface area (Å²) in [5.41, 5.74) is 0. The van der Waals surface area contributed by atoms with Crippen LogP contribution in [0.3, 0.4) is 0 Å². The summed E-state index contributed by atoms with van der Waals surface area (Å²) in [5, 5.41) is 14.2. The Morgan fingerprint density at radius 3 is 2.30 bits per heavy atom. The number of nitro groups is 1. The fourth-order valence-electron chi connectivity index (χ4n) is 1.13. The van der Waals surface area contributed by atoms with E-state index in [4.69, 9.17) is 5.14 Å². The molecule has 1 aromatic heterocycles. The Labute approximate surface area is 109 Å². The molecule has 0 saturated carbocycles. The highest BCUT2D eigenvalue weighted by Crippen LogP contribution is 2.36. The van der Waals surface area contributed by atoms with Gasteiger partial charge in [0.2, 0.25) is 5.75 Å². The van der Waals surface area contributed by atoms with E-state index >= 15 is 0 Å². The summed E-state index contributed by atoms with van der Waals surface area (Å²) in [7, 11) is -3.63. The maximum Gasteiger partial charge on any atom is 0.573 e. The number of halogens is 3. The zero-order valence-electron chi connectivity index (χ0n) is 9.54. The lowest BCUT2D eigenvalue weighted by atomic mass is 10.4. The molecule has 112 valence electrons. The zero-order valence-corrected chi connectivity index (χ0v) is 10.4. The van der Waals surface area contributed by atoms with Gasteiger partial charge in [-0.1, -0.05) is 0 Å². The normalized spacial score (nSPS) is 12.1. The summed E-state index contributed by atoms with van der Waals surface area (Å²) in [4.78, 5) is 12.2. The molecular formula is C7H6F3N3O6S. The van der Waals surface area contributed by atoms with E-state index in [1.54, 1.807) is 0 Å². The van der Waals surface area contributed by atoms with Gasteiger partial charge in [-0.25, -0.2) is 13.6 Å². The number of pyridine rings is 1. The van der Waals surface area contributed by atoms with Crippen LogP contribution in [0.4, 0.5) is 19.0 Å². The van der Waals surface area contributed by atoms with E-state index in [2.05, 4.69) is 14.5 Å². The lowest BCUT2D eigenvalue weighted by Gasteiger charge is -2.10. The van der Waals surface area contributed by atoms with Gasteiger partial charge in [-0.2, -0.15) is 0 Å². The van der Waals surface area contributed by atoms with Crippen LogP contribution >= 0.6 is 0 Å². The molecule has 1 heterocycles. The van der Waals surface area contributed by atoms with Crippen LogP contribution in [0.15, 0.2) is 11.1 Å². The summed E-state index contributed by atoms with van der Waals surface area (Å²) in [5.74, 6) is -3.52. The third-order valence-corrected chi connectivity index (χ3v) is 2.62. The minimum absolute atomic E-state index is 0.359. The smallest absolute Gasteiger partial charge is 0.491 e. The molecule has 9 nitrogen and oxygen atoms in total. The second kappa shape index (κ2) is 5.09. The molecule has 0 atom stereocenters. The number of rotatable bonds is 4. The van der Waals surface area contributed by atoms with Gasteiger partial charge in [-0.05, 0) is 9.91 Å². The number of alkyl halides is 3. The number of nitrogens with two attached hydrogens (primary N) is 1. The molecule has 0 amide bonds. The number of hydrogen-bond acceptors (Lipinski definition) is 7. The van der Waals surface area contributed by atoms with Gasteiger partial charge in [0.05, 0.1) is 7.11 Å². The van der Waals surface area contributed by atoms with Crippen molar-refractivity contribution < 1.29 is 36.0 Å². The van der Waals surface area contributed by atoms with E-state index < -0.39 is 43.7 Å². The molecule has 0 spiro atoms. The molecule has 1 rings (SSSR count). The number of primary sulfonamides is 1. The number of aromatic nitrogens is 1. The standard InChI is InChI=1S/C7H6F3N3O6S/c1-18-4-2-3(19-7(8,9)10)5(13(14)15)12-6(4)20(11,16)17/h2H,1H3,(H2,11,16,17). The van der Waals surface area contributed by atoms with Crippen molar-refractivity contribution in [3.63, 3.8) is 0 Å². The third-order valence-electron chi connectivity index (χ3n) is 1.79. The number of hydrogen-bond donors (Lipinski definition) is 1. The lowest BCUT2D eigenvalue weighted by Crippen LogP contribution is -2.20. The molecule has 2 N–H and O–H groups in total. The first-order valence-electron chi connectivity index (χ1n) is 4.47. The Kier molecular flexibility index (Phi) is 4.04. The Balaban J connectivity index is 3.58. The molecular weight excluding hydrogens is 311 g/mol. The van der Waals surface area contributed by atoms with Gasteiger partial charge in [-0.15, -0.1) is 13.2 Å². The number of ether oxygens (including phenoxy) is 2. The van der Waals surface area contributed by atoms with E-state index in [9.17, 15) is 31.7 Å². The average Bonchev–Trinajstić information content (AvgIpc) is 2.24. The van der Waals surface area contributed by atoms with Gasteiger partial charge in [-0.3, -0.25) is 0 Å². The largest absolute Gasteiger partial charge is 0.573 e. The molecule has 0 fully saturated rings. The first-order valence-corrected chi connectivity index (χ1v) is 6.02. The fourth-order valence-corrected chi connectivity index (χ4v) is 1.77. The summed E-state index contributed by atoms with van der Waals surface area (Å²) in [6.45, 7) is 0. The molecule has 0 radical (unpaired) electrons.